The third kappa shape index (κ3) is 5.64. The molecule has 3 N–H and O–H groups in total. The van der Waals surface area contributed by atoms with Gasteiger partial charge in [0.2, 0.25) is 0 Å². The molecular formula is C13H19ClN2O4. The molecule has 1 aromatic rings. The first-order chi connectivity index (χ1) is 9.69. The molecule has 0 heterocycles. The van der Waals surface area contributed by atoms with Gasteiger partial charge in [0.15, 0.2) is 5.84 Å². The lowest BCUT2D eigenvalue weighted by atomic mass is 10.2. The van der Waals surface area contributed by atoms with Crippen molar-refractivity contribution in [2.75, 3.05) is 33.5 Å². The molecule has 20 heavy (non-hydrogen) atoms. The largest absolute Gasteiger partial charge is 0.493 e. The molecule has 0 fully saturated rings. The van der Waals surface area contributed by atoms with Gasteiger partial charge in [0.1, 0.15) is 5.75 Å². The molecular weight excluding hydrogens is 284 g/mol. The SMILES string of the molecule is COCCOCCCOc1ccc(Cl)cc1/C(N)=N/O. The standard InChI is InChI=1S/C13H19ClN2O4/c1-18-7-8-19-5-2-6-20-12-4-3-10(14)9-11(12)13(15)16-17/h3-4,9,17H,2,5-8H2,1H3,(H2,15,16). The molecule has 112 valence electrons. The summed E-state index contributed by atoms with van der Waals surface area (Å²) < 4.78 is 15.8. The van der Waals surface area contributed by atoms with Gasteiger partial charge in [-0.05, 0) is 18.2 Å². The summed E-state index contributed by atoms with van der Waals surface area (Å²) in [6.07, 6.45) is 0.724. The summed E-state index contributed by atoms with van der Waals surface area (Å²) in [6.45, 7) is 2.18. The molecule has 0 saturated carbocycles. The highest BCUT2D eigenvalue weighted by Gasteiger charge is 2.09. The zero-order valence-electron chi connectivity index (χ0n) is 11.3. The van der Waals surface area contributed by atoms with Crippen LogP contribution in [0.4, 0.5) is 0 Å². The fourth-order valence-corrected chi connectivity index (χ4v) is 1.64. The zero-order valence-corrected chi connectivity index (χ0v) is 12.1. The van der Waals surface area contributed by atoms with Gasteiger partial charge in [-0.2, -0.15) is 0 Å². The molecule has 0 saturated heterocycles. The Hall–Kier alpha value is -1.50. The summed E-state index contributed by atoms with van der Waals surface area (Å²) in [5.74, 6) is 0.473. The molecule has 6 nitrogen and oxygen atoms in total. The van der Waals surface area contributed by atoms with Crippen molar-refractivity contribution in [2.24, 2.45) is 10.9 Å². The number of nitrogens with zero attached hydrogens (tertiary/aromatic N) is 1. The van der Waals surface area contributed by atoms with E-state index in [2.05, 4.69) is 5.16 Å². The van der Waals surface area contributed by atoms with Crippen LogP contribution in [0.25, 0.3) is 0 Å². The van der Waals surface area contributed by atoms with Crippen LogP contribution in [-0.4, -0.2) is 44.6 Å². The summed E-state index contributed by atoms with van der Waals surface area (Å²) in [7, 11) is 1.63. The van der Waals surface area contributed by atoms with Crippen LogP contribution in [0.15, 0.2) is 23.4 Å². The molecule has 0 aliphatic heterocycles. The van der Waals surface area contributed by atoms with Crippen molar-refractivity contribution in [3.8, 4) is 5.75 Å². The Balaban J connectivity index is 2.43. The van der Waals surface area contributed by atoms with E-state index in [1.807, 2.05) is 0 Å². The number of hydrogen-bond acceptors (Lipinski definition) is 5. The molecule has 7 heteroatoms. The minimum absolute atomic E-state index is 0.0427. The third-order valence-electron chi connectivity index (χ3n) is 2.45. The second kappa shape index (κ2) is 9.41. The maximum Gasteiger partial charge on any atom is 0.173 e. The van der Waals surface area contributed by atoms with Gasteiger partial charge in [-0.25, -0.2) is 0 Å². The number of amidine groups is 1. The highest BCUT2D eigenvalue weighted by atomic mass is 35.5. The summed E-state index contributed by atoms with van der Waals surface area (Å²) in [5.41, 5.74) is 6.03. The van der Waals surface area contributed by atoms with Gasteiger partial charge in [-0.3, -0.25) is 0 Å². The first kappa shape index (κ1) is 16.6. The molecule has 0 amide bonds. The summed E-state index contributed by atoms with van der Waals surface area (Å²) in [6, 6.07) is 4.95. The fraction of sp³-hybridized carbons (Fsp3) is 0.462. The average Bonchev–Trinajstić information content (AvgIpc) is 2.46. The van der Waals surface area contributed by atoms with Crippen molar-refractivity contribution in [2.45, 2.75) is 6.42 Å². The Morgan fingerprint density at radius 1 is 1.30 bits per heavy atom. The van der Waals surface area contributed by atoms with Gasteiger partial charge in [-0.15, -0.1) is 0 Å². The van der Waals surface area contributed by atoms with E-state index in [9.17, 15) is 0 Å². The topological polar surface area (TPSA) is 86.3 Å². The smallest absolute Gasteiger partial charge is 0.173 e. The van der Waals surface area contributed by atoms with Gasteiger partial charge in [-0.1, -0.05) is 16.8 Å². The predicted octanol–water partition coefficient (Wildman–Crippen LogP) is 1.87. The Kier molecular flexibility index (Phi) is 7.79. The maximum absolute atomic E-state index is 8.73. The number of benzene rings is 1. The molecule has 0 spiro atoms. The summed E-state index contributed by atoms with van der Waals surface area (Å²) >= 11 is 5.87. The normalized spacial score (nSPS) is 11.6. The van der Waals surface area contributed by atoms with Crippen LogP contribution >= 0.6 is 11.6 Å². The Bertz CT molecular complexity index is 440. The summed E-state index contributed by atoms with van der Waals surface area (Å²) in [4.78, 5) is 0. The molecule has 1 rings (SSSR count). The van der Waals surface area contributed by atoms with Crippen molar-refractivity contribution in [3.05, 3.63) is 28.8 Å². The molecule has 0 bridgehead atoms. The van der Waals surface area contributed by atoms with E-state index in [-0.39, 0.29) is 5.84 Å². The van der Waals surface area contributed by atoms with Crippen molar-refractivity contribution >= 4 is 17.4 Å². The number of ether oxygens (including phenoxy) is 3. The lowest BCUT2D eigenvalue weighted by Crippen LogP contribution is -2.15. The minimum atomic E-state index is -0.0427. The number of methoxy groups -OCH3 is 1. The van der Waals surface area contributed by atoms with E-state index in [0.717, 1.165) is 6.42 Å². The van der Waals surface area contributed by atoms with E-state index in [1.54, 1.807) is 25.3 Å². The van der Waals surface area contributed by atoms with Gasteiger partial charge in [0.05, 0.1) is 25.4 Å². The van der Waals surface area contributed by atoms with Crippen LogP contribution < -0.4 is 10.5 Å². The number of rotatable bonds is 9. The maximum atomic E-state index is 8.73. The van der Waals surface area contributed by atoms with Crippen LogP contribution in [0.1, 0.15) is 12.0 Å². The molecule has 0 unspecified atom stereocenters. The Morgan fingerprint density at radius 2 is 2.10 bits per heavy atom. The molecule has 0 aliphatic rings. The van der Waals surface area contributed by atoms with Crippen LogP contribution in [-0.2, 0) is 9.47 Å². The van der Waals surface area contributed by atoms with Crippen LogP contribution in [0.2, 0.25) is 5.02 Å². The first-order valence-corrected chi connectivity index (χ1v) is 6.53. The quantitative estimate of drug-likeness (QED) is 0.239. The Morgan fingerprint density at radius 3 is 2.80 bits per heavy atom. The monoisotopic (exact) mass is 302 g/mol. The lowest BCUT2D eigenvalue weighted by Gasteiger charge is -2.11. The average molecular weight is 303 g/mol. The van der Waals surface area contributed by atoms with Gasteiger partial charge in [0.25, 0.3) is 0 Å². The highest BCUT2D eigenvalue weighted by Crippen LogP contribution is 2.22. The molecule has 0 aliphatic carbocycles. The second-order valence-electron chi connectivity index (χ2n) is 3.93. The third-order valence-corrected chi connectivity index (χ3v) is 2.68. The number of oxime groups is 1. The van der Waals surface area contributed by atoms with Crippen LogP contribution in [0.3, 0.4) is 0 Å². The molecule has 0 atom stereocenters. The van der Waals surface area contributed by atoms with E-state index < -0.39 is 0 Å². The van der Waals surface area contributed by atoms with Crippen molar-refractivity contribution in [1.82, 2.24) is 0 Å². The van der Waals surface area contributed by atoms with E-state index in [1.165, 1.54) is 0 Å². The molecule has 1 aromatic carbocycles. The number of nitrogens with two attached hydrogens (primary N) is 1. The van der Waals surface area contributed by atoms with Crippen molar-refractivity contribution < 1.29 is 19.4 Å². The second-order valence-corrected chi connectivity index (χ2v) is 4.37. The zero-order chi connectivity index (χ0) is 14.8. The minimum Gasteiger partial charge on any atom is -0.493 e. The first-order valence-electron chi connectivity index (χ1n) is 6.16. The van der Waals surface area contributed by atoms with Crippen molar-refractivity contribution in [3.63, 3.8) is 0 Å². The van der Waals surface area contributed by atoms with Crippen LogP contribution in [0.5, 0.6) is 5.75 Å². The van der Waals surface area contributed by atoms with Crippen LogP contribution in [0, 0.1) is 0 Å². The van der Waals surface area contributed by atoms with Crippen molar-refractivity contribution in [1.29, 1.82) is 0 Å². The highest BCUT2D eigenvalue weighted by molar-refractivity contribution is 6.31. The Labute approximate surface area is 123 Å². The number of halogens is 1. The molecule has 0 aromatic heterocycles. The van der Waals surface area contributed by atoms with E-state index >= 15 is 0 Å². The molecule has 0 radical (unpaired) electrons. The fourth-order valence-electron chi connectivity index (χ4n) is 1.47. The van der Waals surface area contributed by atoms with E-state index in [4.69, 9.17) is 36.8 Å². The predicted molar refractivity (Wildman–Crippen MR) is 76.8 cm³/mol. The number of hydrogen-bond donors (Lipinski definition) is 2. The van der Waals surface area contributed by atoms with E-state index in [0.29, 0.717) is 42.8 Å². The van der Waals surface area contributed by atoms with Gasteiger partial charge < -0.3 is 25.2 Å². The lowest BCUT2D eigenvalue weighted by molar-refractivity contribution is 0.0644. The summed E-state index contributed by atoms with van der Waals surface area (Å²) in [5, 5.41) is 12.2. The van der Waals surface area contributed by atoms with Gasteiger partial charge in [0, 0.05) is 25.2 Å². The van der Waals surface area contributed by atoms with Gasteiger partial charge >= 0.3 is 0 Å².